The van der Waals surface area contributed by atoms with Crippen LogP contribution in [0, 0.1) is 0 Å². The lowest BCUT2D eigenvalue weighted by atomic mass is 10.1. The molecule has 1 aromatic carbocycles. The number of benzene rings is 1. The van der Waals surface area contributed by atoms with Crippen LogP contribution in [0.1, 0.15) is 23.7 Å². The minimum absolute atomic E-state index is 0.302. The van der Waals surface area contributed by atoms with Crippen molar-refractivity contribution in [3.05, 3.63) is 48.2 Å². The van der Waals surface area contributed by atoms with E-state index in [1.165, 1.54) is 0 Å². The standard InChI is InChI=1S/C19H24N2O3/c1-4-23-19(22)16-8-6-15(7-9-16)17-10-11-18(20-14-17)24-13-5-12-21(2)3/h6-11,14H,4-5,12-13H2,1-3H3. The molecule has 0 saturated carbocycles. The quantitative estimate of drug-likeness (QED) is 0.550. The van der Waals surface area contributed by atoms with E-state index in [0.717, 1.165) is 24.1 Å². The number of pyridine rings is 1. The summed E-state index contributed by atoms with van der Waals surface area (Å²) < 4.78 is 10.6. The summed E-state index contributed by atoms with van der Waals surface area (Å²) in [4.78, 5) is 18.1. The van der Waals surface area contributed by atoms with Gasteiger partial charge in [-0.2, -0.15) is 0 Å². The first-order valence-corrected chi connectivity index (χ1v) is 8.11. The van der Waals surface area contributed by atoms with Gasteiger partial charge in [-0.15, -0.1) is 0 Å². The van der Waals surface area contributed by atoms with Gasteiger partial charge in [0.25, 0.3) is 0 Å². The van der Waals surface area contributed by atoms with Crippen LogP contribution in [0.2, 0.25) is 0 Å². The van der Waals surface area contributed by atoms with Gasteiger partial charge in [0.15, 0.2) is 0 Å². The largest absolute Gasteiger partial charge is 0.478 e. The van der Waals surface area contributed by atoms with Crippen LogP contribution < -0.4 is 4.74 Å². The van der Waals surface area contributed by atoms with Crippen LogP contribution in [0.4, 0.5) is 0 Å². The first kappa shape index (κ1) is 17.9. The van der Waals surface area contributed by atoms with E-state index in [0.29, 0.717) is 24.7 Å². The van der Waals surface area contributed by atoms with Gasteiger partial charge in [0.05, 0.1) is 18.8 Å². The third-order valence-corrected chi connectivity index (χ3v) is 3.47. The molecule has 0 aliphatic rings. The van der Waals surface area contributed by atoms with Crippen molar-refractivity contribution in [2.45, 2.75) is 13.3 Å². The van der Waals surface area contributed by atoms with Gasteiger partial charge in [-0.3, -0.25) is 0 Å². The first-order valence-electron chi connectivity index (χ1n) is 8.11. The number of aromatic nitrogens is 1. The Labute approximate surface area is 143 Å². The Morgan fingerprint density at radius 2 is 1.79 bits per heavy atom. The van der Waals surface area contributed by atoms with Gasteiger partial charge in [0.1, 0.15) is 0 Å². The zero-order valence-corrected chi connectivity index (χ0v) is 14.5. The van der Waals surface area contributed by atoms with Crippen molar-refractivity contribution in [2.75, 3.05) is 33.9 Å². The fraction of sp³-hybridized carbons (Fsp3) is 0.368. The van der Waals surface area contributed by atoms with Gasteiger partial charge in [-0.25, -0.2) is 9.78 Å². The highest BCUT2D eigenvalue weighted by Crippen LogP contribution is 2.21. The number of esters is 1. The maximum atomic E-state index is 11.7. The number of carbonyl (C=O) groups excluding carboxylic acids is 1. The lowest BCUT2D eigenvalue weighted by Crippen LogP contribution is -2.15. The average Bonchev–Trinajstić information content (AvgIpc) is 2.59. The van der Waals surface area contributed by atoms with E-state index in [9.17, 15) is 4.79 Å². The summed E-state index contributed by atoms with van der Waals surface area (Å²) in [5.41, 5.74) is 2.52. The minimum Gasteiger partial charge on any atom is -0.478 e. The molecular weight excluding hydrogens is 304 g/mol. The van der Waals surface area contributed by atoms with E-state index in [2.05, 4.69) is 9.88 Å². The summed E-state index contributed by atoms with van der Waals surface area (Å²) in [5, 5.41) is 0. The number of ether oxygens (including phenoxy) is 2. The molecule has 0 bridgehead atoms. The van der Waals surface area contributed by atoms with Gasteiger partial charge >= 0.3 is 5.97 Å². The average molecular weight is 328 g/mol. The molecule has 5 heteroatoms. The van der Waals surface area contributed by atoms with Crippen LogP contribution in [0.15, 0.2) is 42.6 Å². The van der Waals surface area contributed by atoms with Crippen molar-refractivity contribution in [1.29, 1.82) is 0 Å². The molecule has 0 unspecified atom stereocenters. The predicted octanol–water partition coefficient (Wildman–Crippen LogP) is 3.26. The molecule has 0 amide bonds. The van der Waals surface area contributed by atoms with Gasteiger partial charge in [0, 0.05) is 24.4 Å². The first-order chi connectivity index (χ1) is 11.6. The summed E-state index contributed by atoms with van der Waals surface area (Å²) in [7, 11) is 4.08. The van der Waals surface area contributed by atoms with Crippen molar-refractivity contribution in [3.63, 3.8) is 0 Å². The van der Waals surface area contributed by atoms with Crippen molar-refractivity contribution >= 4 is 5.97 Å². The van der Waals surface area contributed by atoms with Crippen molar-refractivity contribution in [2.24, 2.45) is 0 Å². The molecule has 128 valence electrons. The molecule has 0 aliphatic heterocycles. The van der Waals surface area contributed by atoms with Crippen molar-refractivity contribution in [1.82, 2.24) is 9.88 Å². The third-order valence-electron chi connectivity index (χ3n) is 3.47. The number of hydrogen-bond donors (Lipinski definition) is 0. The van der Waals surface area contributed by atoms with Crippen molar-refractivity contribution < 1.29 is 14.3 Å². The van der Waals surface area contributed by atoms with Crippen LogP contribution in [-0.2, 0) is 4.74 Å². The topological polar surface area (TPSA) is 51.7 Å². The van der Waals surface area contributed by atoms with Crippen LogP contribution in [-0.4, -0.2) is 49.7 Å². The molecule has 0 N–H and O–H groups in total. The Kier molecular flexibility index (Phi) is 6.75. The van der Waals surface area contributed by atoms with Crippen molar-refractivity contribution in [3.8, 4) is 17.0 Å². The maximum absolute atomic E-state index is 11.7. The molecule has 0 radical (unpaired) electrons. The zero-order chi connectivity index (χ0) is 17.4. The maximum Gasteiger partial charge on any atom is 0.338 e. The highest BCUT2D eigenvalue weighted by molar-refractivity contribution is 5.90. The molecule has 0 atom stereocenters. The van der Waals surface area contributed by atoms with E-state index < -0.39 is 0 Å². The van der Waals surface area contributed by atoms with Crippen LogP contribution in [0.5, 0.6) is 5.88 Å². The Balaban J connectivity index is 1.94. The second-order valence-electron chi connectivity index (χ2n) is 5.69. The van der Waals surface area contributed by atoms with Gasteiger partial charge < -0.3 is 14.4 Å². The highest BCUT2D eigenvalue weighted by Gasteiger charge is 2.06. The lowest BCUT2D eigenvalue weighted by Gasteiger charge is -2.10. The summed E-state index contributed by atoms with van der Waals surface area (Å²) in [6.45, 7) is 3.81. The highest BCUT2D eigenvalue weighted by atomic mass is 16.5. The smallest absolute Gasteiger partial charge is 0.338 e. The van der Waals surface area contributed by atoms with Crippen LogP contribution in [0.3, 0.4) is 0 Å². The number of carbonyl (C=O) groups is 1. The van der Waals surface area contributed by atoms with E-state index >= 15 is 0 Å². The molecule has 24 heavy (non-hydrogen) atoms. The Bertz CT molecular complexity index is 637. The van der Waals surface area contributed by atoms with E-state index in [-0.39, 0.29) is 5.97 Å². The normalized spacial score (nSPS) is 10.7. The molecule has 1 aromatic heterocycles. The van der Waals surface area contributed by atoms with E-state index in [1.807, 2.05) is 38.4 Å². The van der Waals surface area contributed by atoms with Gasteiger partial charge in [-0.1, -0.05) is 12.1 Å². The summed E-state index contributed by atoms with van der Waals surface area (Å²) in [5.74, 6) is 0.323. The SMILES string of the molecule is CCOC(=O)c1ccc(-c2ccc(OCCCN(C)C)nc2)cc1. The summed E-state index contributed by atoms with van der Waals surface area (Å²) in [6, 6.07) is 11.1. The molecule has 0 spiro atoms. The third kappa shape index (κ3) is 5.35. The molecule has 0 aliphatic carbocycles. The molecule has 2 aromatic rings. The molecular formula is C19H24N2O3. The minimum atomic E-state index is -0.302. The number of nitrogens with zero attached hydrogens (tertiary/aromatic N) is 2. The molecule has 1 heterocycles. The fourth-order valence-electron chi connectivity index (χ4n) is 2.21. The monoisotopic (exact) mass is 328 g/mol. The predicted molar refractivity (Wildman–Crippen MR) is 94.3 cm³/mol. The van der Waals surface area contributed by atoms with Crippen LogP contribution >= 0.6 is 0 Å². The fourth-order valence-corrected chi connectivity index (χ4v) is 2.21. The molecule has 0 fully saturated rings. The van der Waals surface area contributed by atoms with Gasteiger partial charge in [0.2, 0.25) is 5.88 Å². The second kappa shape index (κ2) is 9.03. The summed E-state index contributed by atoms with van der Waals surface area (Å²) >= 11 is 0. The van der Waals surface area contributed by atoms with Gasteiger partial charge in [-0.05, 0) is 51.2 Å². The molecule has 5 nitrogen and oxygen atoms in total. The number of rotatable bonds is 8. The zero-order valence-electron chi connectivity index (χ0n) is 14.5. The Morgan fingerprint density at radius 3 is 2.38 bits per heavy atom. The van der Waals surface area contributed by atoms with Crippen LogP contribution in [0.25, 0.3) is 11.1 Å². The Hall–Kier alpha value is -2.40. The molecule has 0 saturated heterocycles. The lowest BCUT2D eigenvalue weighted by molar-refractivity contribution is 0.0526. The summed E-state index contributed by atoms with van der Waals surface area (Å²) in [6.07, 6.45) is 2.74. The second-order valence-corrected chi connectivity index (χ2v) is 5.69. The van der Waals surface area contributed by atoms with E-state index in [1.54, 1.807) is 25.3 Å². The molecule has 2 rings (SSSR count). The Morgan fingerprint density at radius 1 is 1.08 bits per heavy atom. The van der Waals surface area contributed by atoms with E-state index in [4.69, 9.17) is 9.47 Å². The number of hydrogen-bond acceptors (Lipinski definition) is 5.